The molecule has 98 valence electrons. The molecule has 2 rings (SSSR count). The van der Waals surface area contributed by atoms with Gasteiger partial charge in [-0.1, -0.05) is 12.1 Å². The lowest BCUT2D eigenvalue weighted by Crippen LogP contribution is -2.15. The Morgan fingerprint density at radius 3 is 2.68 bits per heavy atom. The van der Waals surface area contributed by atoms with E-state index in [0.717, 1.165) is 23.4 Å². The van der Waals surface area contributed by atoms with Gasteiger partial charge in [0, 0.05) is 11.9 Å². The van der Waals surface area contributed by atoms with E-state index in [9.17, 15) is 13.6 Å². The lowest BCUT2D eigenvalue weighted by atomic mass is 10.1. The molecule has 1 aromatic heterocycles. The minimum absolute atomic E-state index is 0.367. The summed E-state index contributed by atoms with van der Waals surface area (Å²) in [6.07, 6.45) is 1.05. The summed E-state index contributed by atoms with van der Waals surface area (Å²) in [5.41, 5.74) is 2.01. The quantitative estimate of drug-likeness (QED) is 0.844. The number of aryl methyl sites for hydroxylation is 2. The van der Waals surface area contributed by atoms with Crippen LogP contribution < -0.4 is 5.32 Å². The van der Waals surface area contributed by atoms with E-state index >= 15 is 0 Å². The van der Waals surface area contributed by atoms with E-state index in [1.165, 1.54) is 0 Å². The first-order valence-electron chi connectivity index (χ1n) is 5.67. The van der Waals surface area contributed by atoms with Crippen molar-refractivity contribution in [1.82, 2.24) is 4.98 Å². The number of hydrogen-bond donors (Lipinski definition) is 1. The van der Waals surface area contributed by atoms with E-state index in [1.807, 2.05) is 26.0 Å². The van der Waals surface area contributed by atoms with Crippen LogP contribution >= 0.6 is 0 Å². The molecule has 0 aliphatic carbocycles. The summed E-state index contributed by atoms with van der Waals surface area (Å²) in [7, 11) is 0. The summed E-state index contributed by atoms with van der Waals surface area (Å²) in [5, 5.41) is 2.56. The predicted molar refractivity (Wildman–Crippen MR) is 68.0 cm³/mol. The van der Waals surface area contributed by atoms with Crippen molar-refractivity contribution in [2.45, 2.75) is 13.8 Å². The standard InChI is InChI=1S/C14H12F2N2O/c1-8-3-4-9(2)11(7-8)18-14(19)10-5-6-17-13(16)12(10)15/h3-7H,1-2H3,(H,18,19). The first-order chi connectivity index (χ1) is 8.99. The number of carbonyl (C=O) groups excluding carboxylic acids is 1. The summed E-state index contributed by atoms with van der Waals surface area (Å²) >= 11 is 0. The first-order valence-corrected chi connectivity index (χ1v) is 5.67. The van der Waals surface area contributed by atoms with Gasteiger partial charge >= 0.3 is 0 Å². The second-order valence-electron chi connectivity index (χ2n) is 4.24. The number of hydrogen-bond acceptors (Lipinski definition) is 2. The molecule has 0 fully saturated rings. The Morgan fingerprint density at radius 2 is 1.95 bits per heavy atom. The van der Waals surface area contributed by atoms with Crippen molar-refractivity contribution in [2.75, 3.05) is 5.32 Å². The number of anilines is 1. The SMILES string of the molecule is Cc1ccc(C)c(NC(=O)c2ccnc(F)c2F)c1. The lowest BCUT2D eigenvalue weighted by molar-refractivity contribution is 0.102. The number of nitrogens with one attached hydrogen (secondary N) is 1. The minimum Gasteiger partial charge on any atom is -0.322 e. The normalized spacial score (nSPS) is 10.3. The second kappa shape index (κ2) is 5.14. The molecular formula is C14H12F2N2O. The lowest BCUT2D eigenvalue weighted by Gasteiger charge is -2.09. The minimum atomic E-state index is -1.28. The Hall–Kier alpha value is -2.30. The van der Waals surface area contributed by atoms with Crippen molar-refractivity contribution in [2.24, 2.45) is 0 Å². The molecule has 0 unspecified atom stereocenters. The summed E-state index contributed by atoms with van der Waals surface area (Å²) in [5.74, 6) is -3.23. The zero-order valence-corrected chi connectivity index (χ0v) is 10.5. The molecule has 1 heterocycles. The van der Waals surface area contributed by atoms with Gasteiger partial charge in [-0.15, -0.1) is 0 Å². The summed E-state index contributed by atoms with van der Waals surface area (Å²) in [4.78, 5) is 15.0. The Bertz CT molecular complexity index is 641. The summed E-state index contributed by atoms with van der Waals surface area (Å²) < 4.78 is 26.4. The molecule has 0 saturated carbocycles. The van der Waals surface area contributed by atoms with Gasteiger partial charge in [0.1, 0.15) is 0 Å². The van der Waals surface area contributed by atoms with Gasteiger partial charge in [0.15, 0.2) is 5.82 Å². The number of rotatable bonds is 2. The Balaban J connectivity index is 2.31. The van der Waals surface area contributed by atoms with Crippen molar-refractivity contribution in [3.05, 3.63) is 58.9 Å². The van der Waals surface area contributed by atoms with Crippen LogP contribution in [0.5, 0.6) is 0 Å². The van der Waals surface area contributed by atoms with Crippen LogP contribution in [0.15, 0.2) is 30.5 Å². The molecule has 0 aliphatic rings. The van der Waals surface area contributed by atoms with Gasteiger partial charge in [-0.05, 0) is 37.1 Å². The van der Waals surface area contributed by atoms with Gasteiger partial charge in [0.05, 0.1) is 5.56 Å². The van der Waals surface area contributed by atoms with Crippen LogP contribution in [-0.4, -0.2) is 10.9 Å². The number of benzene rings is 1. The maximum Gasteiger partial charge on any atom is 0.258 e. The van der Waals surface area contributed by atoms with E-state index in [4.69, 9.17) is 0 Å². The smallest absolute Gasteiger partial charge is 0.258 e. The van der Waals surface area contributed by atoms with E-state index in [2.05, 4.69) is 10.3 Å². The van der Waals surface area contributed by atoms with Crippen LogP contribution in [0.1, 0.15) is 21.5 Å². The molecular weight excluding hydrogens is 250 g/mol. The number of amides is 1. The average molecular weight is 262 g/mol. The Kier molecular flexibility index (Phi) is 3.55. The molecule has 2 aromatic rings. The molecule has 0 atom stereocenters. The Morgan fingerprint density at radius 1 is 1.21 bits per heavy atom. The summed E-state index contributed by atoms with van der Waals surface area (Å²) in [6, 6.07) is 6.65. The largest absolute Gasteiger partial charge is 0.322 e. The molecule has 5 heteroatoms. The fourth-order valence-electron chi connectivity index (χ4n) is 1.65. The molecule has 0 radical (unpaired) electrons. The van der Waals surface area contributed by atoms with E-state index < -0.39 is 17.7 Å². The molecule has 1 aromatic carbocycles. The topological polar surface area (TPSA) is 42.0 Å². The predicted octanol–water partition coefficient (Wildman–Crippen LogP) is 3.23. The van der Waals surface area contributed by atoms with Crippen LogP contribution in [0.4, 0.5) is 14.5 Å². The van der Waals surface area contributed by atoms with Crippen LogP contribution in [0.25, 0.3) is 0 Å². The van der Waals surface area contributed by atoms with Crippen LogP contribution in [0, 0.1) is 25.6 Å². The van der Waals surface area contributed by atoms with Crippen molar-refractivity contribution in [1.29, 1.82) is 0 Å². The molecule has 19 heavy (non-hydrogen) atoms. The third kappa shape index (κ3) is 2.76. The fourth-order valence-corrected chi connectivity index (χ4v) is 1.65. The van der Waals surface area contributed by atoms with Crippen molar-refractivity contribution in [3.63, 3.8) is 0 Å². The molecule has 1 N–H and O–H groups in total. The van der Waals surface area contributed by atoms with Gasteiger partial charge in [0.25, 0.3) is 5.91 Å². The van der Waals surface area contributed by atoms with Gasteiger partial charge in [-0.2, -0.15) is 4.39 Å². The van der Waals surface area contributed by atoms with Crippen molar-refractivity contribution < 1.29 is 13.6 Å². The number of pyridine rings is 1. The maximum absolute atomic E-state index is 13.4. The number of nitrogens with zero attached hydrogens (tertiary/aromatic N) is 1. The monoisotopic (exact) mass is 262 g/mol. The van der Waals surface area contributed by atoms with E-state index in [-0.39, 0.29) is 5.56 Å². The first kappa shape index (κ1) is 13.1. The molecule has 0 bridgehead atoms. The van der Waals surface area contributed by atoms with E-state index in [1.54, 1.807) is 6.07 Å². The zero-order chi connectivity index (χ0) is 14.0. The number of carbonyl (C=O) groups is 1. The average Bonchev–Trinajstić information content (AvgIpc) is 2.37. The third-order valence-electron chi connectivity index (χ3n) is 2.73. The third-order valence-corrected chi connectivity index (χ3v) is 2.73. The number of aromatic nitrogens is 1. The highest BCUT2D eigenvalue weighted by atomic mass is 19.2. The van der Waals surface area contributed by atoms with Crippen LogP contribution in [0.3, 0.4) is 0 Å². The molecule has 0 aliphatic heterocycles. The molecule has 0 saturated heterocycles. The second-order valence-corrected chi connectivity index (χ2v) is 4.24. The van der Waals surface area contributed by atoms with Gasteiger partial charge < -0.3 is 5.32 Å². The molecule has 1 amide bonds. The van der Waals surface area contributed by atoms with E-state index in [0.29, 0.717) is 5.69 Å². The Labute approximate surface area is 109 Å². The van der Waals surface area contributed by atoms with Crippen molar-refractivity contribution in [3.8, 4) is 0 Å². The molecule has 0 spiro atoms. The summed E-state index contributed by atoms with van der Waals surface area (Å²) in [6.45, 7) is 3.69. The van der Waals surface area contributed by atoms with Crippen molar-refractivity contribution >= 4 is 11.6 Å². The molecule has 3 nitrogen and oxygen atoms in total. The van der Waals surface area contributed by atoms with Gasteiger partial charge in [-0.3, -0.25) is 4.79 Å². The van der Waals surface area contributed by atoms with Gasteiger partial charge in [0.2, 0.25) is 5.95 Å². The fraction of sp³-hybridized carbons (Fsp3) is 0.143. The highest BCUT2D eigenvalue weighted by Gasteiger charge is 2.16. The highest BCUT2D eigenvalue weighted by Crippen LogP contribution is 2.18. The van der Waals surface area contributed by atoms with Crippen LogP contribution in [-0.2, 0) is 0 Å². The highest BCUT2D eigenvalue weighted by molar-refractivity contribution is 6.04. The van der Waals surface area contributed by atoms with Gasteiger partial charge in [-0.25, -0.2) is 9.37 Å². The number of halogens is 2. The maximum atomic E-state index is 13.4. The zero-order valence-electron chi connectivity index (χ0n) is 10.5. The van der Waals surface area contributed by atoms with Crippen LogP contribution in [0.2, 0.25) is 0 Å².